The number of hydrogen-bond donors (Lipinski definition) is 2. The second kappa shape index (κ2) is 7.00. The largest absolute Gasteiger partial charge is 0.369 e. The fourth-order valence-electron chi connectivity index (χ4n) is 2.30. The lowest BCUT2D eigenvalue weighted by Gasteiger charge is -2.06. The van der Waals surface area contributed by atoms with Gasteiger partial charge in [-0.15, -0.1) is 5.10 Å². The van der Waals surface area contributed by atoms with Crippen molar-refractivity contribution in [2.24, 2.45) is 21.7 Å². The van der Waals surface area contributed by atoms with Crippen LogP contribution in [0.15, 0.2) is 34.6 Å². The summed E-state index contributed by atoms with van der Waals surface area (Å²) in [5.74, 6) is -0.745. The van der Waals surface area contributed by atoms with Crippen LogP contribution in [0.5, 0.6) is 0 Å². The van der Waals surface area contributed by atoms with E-state index >= 15 is 0 Å². The first kappa shape index (κ1) is 17.9. The Morgan fingerprint density at radius 1 is 1.29 bits per heavy atom. The number of nitrogens with two attached hydrogens (primary N) is 2. The number of aromatic nitrogens is 1. The molecule has 1 aromatic heterocycles. The zero-order chi connectivity index (χ0) is 17.9. The first-order chi connectivity index (χ1) is 11.3. The van der Waals surface area contributed by atoms with Gasteiger partial charge in [-0.2, -0.15) is 5.10 Å². The fraction of sp³-hybridized carbons (Fsp3) is 0.333. The summed E-state index contributed by atoms with van der Waals surface area (Å²) in [6.45, 7) is 3.55. The molecule has 24 heavy (non-hydrogen) atoms. The van der Waals surface area contributed by atoms with E-state index in [1.165, 1.54) is 24.4 Å². The van der Waals surface area contributed by atoms with Crippen molar-refractivity contribution in [2.45, 2.75) is 26.7 Å². The smallest absolute Gasteiger partial charge is 0.239 e. The summed E-state index contributed by atoms with van der Waals surface area (Å²) in [5.41, 5.74) is 11.7. The molecular weight excluding hydrogens is 333 g/mol. The van der Waals surface area contributed by atoms with Crippen molar-refractivity contribution in [1.29, 1.82) is 0 Å². The minimum atomic E-state index is -3.60. The highest BCUT2D eigenvalue weighted by molar-refractivity contribution is 7.90. The van der Waals surface area contributed by atoms with Crippen LogP contribution in [-0.2, 0) is 10.0 Å². The Balaban J connectivity index is 2.68. The molecule has 0 aliphatic heterocycles. The lowest BCUT2D eigenvalue weighted by Crippen LogP contribution is -2.22. The van der Waals surface area contributed by atoms with Gasteiger partial charge in [0, 0.05) is 17.1 Å². The molecular formula is C15H20FN5O2S. The molecule has 0 fully saturated rings. The molecule has 0 atom stereocenters. The summed E-state index contributed by atoms with van der Waals surface area (Å²) >= 11 is 0. The molecule has 0 spiro atoms. The van der Waals surface area contributed by atoms with E-state index in [0.717, 1.165) is 10.4 Å². The summed E-state index contributed by atoms with van der Waals surface area (Å²) < 4.78 is 39.8. The average molecular weight is 353 g/mol. The van der Waals surface area contributed by atoms with Crippen LogP contribution in [0.4, 0.5) is 4.39 Å². The molecule has 9 heteroatoms. The number of unbranched alkanes of at least 4 members (excludes halogenated alkanes) is 1. The van der Waals surface area contributed by atoms with E-state index in [4.69, 9.17) is 11.5 Å². The highest BCUT2D eigenvalue weighted by atomic mass is 32.2. The summed E-state index contributed by atoms with van der Waals surface area (Å²) in [5, 5.41) is 8.01. The third-order valence-electron chi connectivity index (χ3n) is 3.49. The van der Waals surface area contributed by atoms with Gasteiger partial charge in [0.05, 0.1) is 17.0 Å². The van der Waals surface area contributed by atoms with Gasteiger partial charge in [0.2, 0.25) is 16.0 Å². The third-order valence-corrected chi connectivity index (χ3v) is 5.20. The topological polar surface area (TPSA) is 116 Å². The van der Waals surface area contributed by atoms with E-state index in [0.29, 0.717) is 23.1 Å². The molecule has 130 valence electrons. The third kappa shape index (κ3) is 3.73. The van der Waals surface area contributed by atoms with Gasteiger partial charge < -0.3 is 11.5 Å². The number of halogens is 1. The molecule has 0 radical (unpaired) electrons. The summed E-state index contributed by atoms with van der Waals surface area (Å²) in [4.78, 5) is 0. The average Bonchev–Trinajstić information content (AvgIpc) is 2.90. The second-order valence-corrected chi connectivity index (χ2v) is 7.35. The van der Waals surface area contributed by atoms with Crippen molar-refractivity contribution in [3.63, 3.8) is 0 Å². The predicted octanol–water partition coefficient (Wildman–Crippen LogP) is 1.76. The number of guanidine groups is 1. The maximum atomic E-state index is 13.6. The molecule has 0 unspecified atom stereocenters. The van der Waals surface area contributed by atoms with Crippen LogP contribution in [0, 0.1) is 5.82 Å². The van der Waals surface area contributed by atoms with Gasteiger partial charge in [-0.1, -0.05) is 13.3 Å². The molecule has 0 aliphatic carbocycles. The zero-order valence-electron chi connectivity index (χ0n) is 13.5. The molecule has 2 aromatic rings. The first-order valence-corrected chi connectivity index (χ1v) is 9.04. The van der Waals surface area contributed by atoms with Crippen LogP contribution in [0.3, 0.4) is 0 Å². The van der Waals surface area contributed by atoms with Crippen molar-refractivity contribution in [1.82, 2.24) is 3.97 Å². The lowest BCUT2D eigenvalue weighted by molar-refractivity contribution is 0.585. The zero-order valence-corrected chi connectivity index (χ0v) is 14.3. The number of hydrogen-bond acceptors (Lipinski definition) is 4. The summed E-state index contributed by atoms with van der Waals surface area (Å²) in [7, 11) is -3.60. The molecule has 1 aromatic carbocycles. The van der Waals surface area contributed by atoms with Crippen molar-refractivity contribution in [3.8, 4) is 0 Å². The number of benzene rings is 1. The van der Waals surface area contributed by atoms with Gasteiger partial charge in [0.1, 0.15) is 5.82 Å². The van der Waals surface area contributed by atoms with Crippen molar-refractivity contribution in [3.05, 3.63) is 35.8 Å². The van der Waals surface area contributed by atoms with Gasteiger partial charge in [0.15, 0.2) is 0 Å². The Kier molecular flexibility index (Phi) is 5.23. The Bertz CT molecular complexity index is 911. The van der Waals surface area contributed by atoms with Crippen LogP contribution in [0.2, 0.25) is 0 Å². The van der Waals surface area contributed by atoms with Crippen LogP contribution >= 0.6 is 0 Å². The summed E-state index contributed by atoms with van der Waals surface area (Å²) in [6, 6.07) is 3.97. The first-order valence-electron chi connectivity index (χ1n) is 7.43. The van der Waals surface area contributed by atoms with Gasteiger partial charge >= 0.3 is 0 Å². The maximum absolute atomic E-state index is 13.6. The molecule has 2 rings (SSSR count). The van der Waals surface area contributed by atoms with E-state index in [2.05, 4.69) is 10.2 Å². The maximum Gasteiger partial charge on any atom is 0.239 e. The molecule has 0 bridgehead atoms. The van der Waals surface area contributed by atoms with Crippen molar-refractivity contribution >= 4 is 32.6 Å². The van der Waals surface area contributed by atoms with Gasteiger partial charge in [0.25, 0.3) is 0 Å². The minimum Gasteiger partial charge on any atom is -0.369 e. The molecule has 0 amide bonds. The fourth-order valence-corrected chi connectivity index (χ4v) is 3.87. The number of rotatable bonds is 6. The predicted molar refractivity (Wildman–Crippen MR) is 94.0 cm³/mol. The van der Waals surface area contributed by atoms with E-state index in [9.17, 15) is 12.8 Å². The van der Waals surface area contributed by atoms with E-state index in [1.54, 1.807) is 6.92 Å². The van der Waals surface area contributed by atoms with Gasteiger partial charge in [-0.25, -0.2) is 16.8 Å². The van der Waals surface area contributed by atoms with E-state index in [-0.39, 0.29) is 17.2 Å². The Morgan fingerprint density at radius 3 is 2.62 bits per heavy atom. The highest BCUT2D eigenvalue weighted by Gasteiger charge is 2.20. The standard InChI is InChI=1S/C15H20FN5O2S/c1-3-4-7-24(22,23)21-9-13(10(2)19-20-15(17)18)12-6-5-11(16)8-14(12)21/h5-6,8-9H,3-4,7H2,1-2H3,(H4,17,18,20)/b19-10-. The molecule has 0 saturated heterocycles. The van der Waals surface area contributed by atoms with E-state index < -0.39 is 15.8 Å². The van der Waals surface area contributed by atoms with Crippen molar-refractivity contribution in [2.75, 3.05) is 5.75 Å². The molecule has 0 aliphatic rings. The van der Waals surface area contributed by atoms with Crippen LogP contribution in [0.1, 0.15) is 32.3 Å². The molecule has 1 heterocycles. The normalized spacial score (nSPS) is 12.5. The highest BCUT2D eigenvalue weighted by Crippen LogP contribution is 2.25. The monoisotopic (exact) mass is 353 g/mol. The van der Waals surface area contributed by atoms with Gasteiger partial charge in [-0.3, -0.25) is 0 Å². The Hall–Kier alpha value is -2.42. The SMILES string of the molecule is CCCCS(=O)(=O)n1cc(/C(C)=N\N=C(N)N)c2ccc(F)cc21. The Labute approximate surface area is 139 Å². The van der Waals surface area contributed by atoms with Gasteiger partial charge in [-0.05, 0) is 31.5 Å². The molecule has 4 N–H and O–H groups in total. The minimum absolute atomic E-state index is 0.0205. The Morgan fingerprint density at radius 2 is 2.00 bits per heavy atom. The van der Waals surface area contributed by atoms with Crippen LogP contribution in [-0.4, -0.2) is 29.8 Å². The summed E-state index contributed by atoms with van der Waals surface area (Å²) in [6.07, 6.45) is 2.69. The lowest BCUT2D eigenvalue weighted by atomic mass is 10.1. The van der Waals surface area contributed by atoms with Crippen LogP contribution in [0.25, 0.3) is 10.9 Å². The van der Waals surface area contributed by atoms with Crippen LogP contribution < -0.4 is 11.5 Å². The second-order valence-electron chi connectivity index (χ2n) is 5.38. The number of nitrogens with zero attached hydrogens (tertiary/aromatic N) is 3. The number of fused-ring (bicyclic) bond motifs is 1. The molecule has 0 saturated carbocycles. The van der Waals surface area contributed by atoms with Crippen molar-refractivity contribution < 1.29 is 12.8 Å². The van der Waals surface area contributed by atoms with E-state index in [1.807, 2.05) is 6.92 Å². The molecule has 7 nitrogen and oxygen atoms in total. The quantitative estimate of drug-likeness (QED) is 0.467.